The van der Waals surface area contributed by atoms with Crippen molar-refractivity contribution in [2.45, 2.75) is 19.9 Å². The Balaban J connectivity index is 3.46. The van der Waals surface area contributed by atoms with Crippen molar-refractivity contribution in [3.05, 3.63) is 12.3 Å². The maximum absolute atomic E-state index is 10.6. The van der Waals surface area contributed by atoms with Gasteiger partial charge < -0.3 is 16.4 Å². The molecule has 0 aromatic carbocycles. The Bertz CT molecular complexity index is 180. The van der Waals surface area contributed by atoms with Crippen LogP contribution in [0.4, 0.5) is 0 Å². The summed E-state index contributed by atoms with van der Waals surface area (Å²) in [4.78, 5) is 10.6. The average molecular weight is 185 g/mol. The molecule has 0 aromatic rings. The number of carbonyl (C=O) groups is 1. The summed E-state index contributed by atoms with van der Waals surface area (Å²) in [5.74, 6) is 0.105. The van der Waals surface area contributed by atoms with Gasteiger partial charge in [-0.15, -0.1) is 0 Å². The van der Waals surface area contributed by atoms with Gasteiger partial charge in [0.2, 0.25) is 0 Å². The van der Waals surface area contributed by atoms with Crippen LogP contribution >= 0.6 is 0 Å². The minimum atomic E-state index is 0.105. The van der Waals surface area contributed by atoms with E-state index in [4.69, 9.17) is 5.73 Å². The standard InChI is InChI=1S/C9H19N3O/c1-7(4-10)11-5-8(2)12-6-9(3)13/h7,11-12H,2,4-6,10H2,1,3H3/t7-/m1/s1. The Hall–Kier alpha value is -0.870. The minimum Gasteiger partial charge on any atom is -0.381 e. The molecular formula is C9H19N3O. The molecule has 1 atom stereocenters. The third-order valence-corrected chi connectivity index (χ3v) is 1.60. The van der Waals surface area contributed by atoms with E-state index in [1.54, 1.807) is 0 Å². The summed E-state index contributed by atoms with van der Waals surface area (Å²) in [6.07, 6.45) is 0. The molecule has 0 bridgehead atoms. The maximum atomic E-state index is 10.6. The molecule has 4 heteroatoms. The second-order valence-corrected chi connectivity index (χ2v) is 3.18. The van der Waals surface area contributed by atoms with Crippen LogP contribution in [-0.2, 0) is 4.79 Å². The maximum Gasteiger partial charge on any atom is 0.148 e. The van der Waals surface area contributed by atoms with E-state index in [0.717, 1.165) is 5.70 Å². The molecule has 0 aromatic heterocycles. The summed E-state index contributed by atoms with van der Waals surface area (Å²) in [5, 5.41) is 6.07. The van der Waals surface area contributed by atoms with Gasteiger partial charge in [-0.1, -0.05) is 6.58 Å². The van der Waals surface area contributed by atoms with Gasteiger partial charge in [-0.05, 0) is 13.8 Å². The van der Waals surface area contributed by atoms with Crippen molar-refractivity contribution in [3.63, 3.8) is 0 Å². The first-order chi connectivity index (χ1) is 6.06. The van der Waals surface area contributed by atoms with E-state index in [1.807, 2.05) is 6.92 Å². The summed E-state index contributed by atoms with van der Waals surface area (Å²) in [5.41, 5.74) is 6.23. The first kappa shape index (κ1) is 12.1. The summed E-state index contributed by atoms with van der Waals surface area (Å²) in [6, 6.07) is 0.274. The van der Waals surface area contributed by atoms with Gasteiger partial charge in [-0.2, -0.15) is 0 Å². The van der Waals surface area contributed by atoms with E-state index < -0.39 is 0 Å². The van der Waals surface area contributed by atoms with Crippen molar-refractivity contribution in [2.75, 3.05) is 19.6 Å². The van der Waals surface area contributed by atoms with Crippen LogP contribution in [0.5, 0.6) is 0 Å². The Labute approximate surface area is 79.6 Å². The Kier molecular flexibility index (Phi) is 6.18. The molecule has 4 nitrogen and oxygen atoms in total. The number of hydrogen-bond acceptors (Lipinski definition) is 4. The van der Waals surface area contributed by atoms with Gasteiger partial charge in [0.05, 0.1) is 6.54 Å². The molecule has 0 aliphatic rings. The monoisotopic (exact) mass is 185 g/mol. The van der Waals surface area contributed by atoms with Crippen LogP contribution < -0.4 is 16.4 Å². The molecular weight excluding hydrogens is 166 g/mol. The van der Waals surface area contributed by atoms with Gasteiger partial charge in [0.1, 0.15) is 5.78 Å². The smallest absolute Gasteiger partial charge is 0.148 e. The van der Waals surface area contributed by atoms with E-state index in [2.05, 4.69) is 17.2 Å². The molecule has 0 aliphatic heterocycles. The van der Waals surface area contributed by atoms with Gasteiger partial charge in [-0.25, -0.2) is 0 Å². The van der Waals surface area contributed by atoms with Gasteiger partial charge in [0.15, 0.2) is 0 Å². The lowest BCUT2D eigenvalue weighted by Gasteiger charge is -2.13. The summed E-state index contributed by atoms with van der Waals surface area (Å²) in [6.45, 7) is 8.89. The zero-order valence-corrected chi connectivity index (χ0v) is 8.39. The highest BCUT2D eigenvalue weighted by Gasteiger charge is 1.99. The molecule has 0 heterocycles. The number of ketones is 1. The number of carbonyl (C=O) groups excluding carboxylic acids is 1. The molecule has 0 spiro atoms. The van der Waals surface area contributed by atoms with Crippen molar-refractivity contribution in [3.8, 4) is 0 Å². The zero-order chi connectivity index (χ0) is 10.3. The second kappa shape index (κ2) is 6.62. The quantitative estimate of drug-likeness (QED) is 0.505. The summed E-state index contributed by atoms with van der Waals surface area (Å²) < 4.78 is 0. The van der Waals surface area contributed by atoms with E-state index in [0.29, 0.717) is 19.6 Å². The van der Waals surface area contributed by atoms with Gasteiger partial charge >= 0.3 is 0 Å². The first-order valence-electron chi connectivity index (χ1n) is 4.40. The Morgan fingerprint density at radius 1 is 1.54 bits per heavy atom. The third-order valence-electron chi connectivity index (χ3n) is 1.60. The molecule has 76 valence electrons. The first-order valence-corrected chi connectivity index (χ1v) is 4.40. The topological polar surface area (TPSA) is 67.2 Å². The largest absolute Gasteiger partial charge is 0.381 e. The fourth-order valence-corrected chi connectivity index (χ4v) is 0.693. The van der Waals surface area contributed by atoms with Crippen LogP contribution in [0.25, 0.3) is 0 Å². The molecule has 0 rings (SSSR count). The predicted octanol–water partition coefficient (Wildman–Crippen LogP) is -0.384. The molecule has 0 amide bonds. The highest BCUT2D eigenvalue weighted by Crippen LogP contribution is 1.83. The minimum absolute atomic E-state index is 0.105. The normalized spacial score (nSPS) is 12.2. The van der Waals surface area contributed by atoms with Crippen molar-refractivity contribution >= 4 is 5.78 Å². The van der Waals surface area contributed by atoms with E-state index in [9.17, 15) is 4.79 Å². The van der Waals surface area contributed by atoms with Crippen molar-refractivity contribution in [2.24, 2.45) is 5.73 Å². The van der Waals surface area contributed by atoms with Gasteiger partial charge in [-0.3, -0.25) is 4.79 Å². The van der Waals surface area contributed by atoms with Crippen LogP contribution in [-0.4, -0.2) is 31.5 Å². The molecule has 0 aliphatic carbocycles. The van der Waals surface area contributed by atoms with Gasteiger partial charge in [0.25, 0.3) is 0 Å². The Morgan fingerprint density at radius 2 is 2.15 bits per heavy atom. The molecule has 4 N–H and O–H groups in total. The molecule has 0 saturated carbocycles. The highest BCUT2D eigenvalue weighted by atomic mass is 16.1. The van der Waals surface area contributed by atoms with E-state index in [1.165, 1.54) is 6.92 Å². The number of nitrogens with one attached hydrogen (secondary N) is 2. The third kappa shape index (κ3) is 7.49. The van der Waals surface area contributed by atoms with Crippen molar-refractivity contribution in [1.82, 2.24) is 10.6 Å². The zero-order valence-electron chi connectivity index (χ0n) is 8.39. The lowest BCUT2D eigenvalue weighted by Crippen LogP contribution is -2.37. The molecule has 0 unspecified atom stereocenters. The molecule has 0 fully saturated rings. The van der Waals surface area contributed by atoms with E-state index >= 15 is 0 Å². The predicted molar refractivity (Wildman–Crippen MR) is 54.3 cm³/mol. The van der Waals surface area contributed by atoms with Gasteiger partial charge in [0, 0.05) is 24.8 Å². The fourth-order valence-electron chi connectivity index (χ4n) is 0.693. The number of rotatable bonds is 7. The molecule has 13 heavy (non-hydrogen) atoms. The van der Waals surface area contributed by atoms with Crippen molar-refractivity contribution < 1.29 is 4.79 Å². The number of Topliss-reactive ketones (excluding diaryl/α,β-unsaturated/α-hetero) is 1. The SMILES string of the molecule is C=C(CN[C@H](C)CN)NCC(C)=O. The lowest BCUT2D eigenvalue weighted by atomic mass is 10.3. The lowest BCUT2D eigenvalue weighted by molar-refractivity contribution is -0.116. The highest BCUT2D eigenvalue weighted by molar-refractivity contribution is 5.77. The van der Waals surface area contributed by atoms with Crippen LogP contribution in [0, 0.1) is 0 Å². The molecule has 0 radical (unpaired) electrons. The number of hydrogen-bond donors (Lipinski definition) is 3. The van der Waals surface area contributed by atoms with Crippen LogP contribution in [0.2, 0.25) is 0 Å². The van der Waals surface area contributed by atoms with Crippen molar-refractivity contribution in [1.29, 1.82) is 0 Å². The summed E-state index contributed by atoms with van der Waals surface area (Å²) >= 11 is 0. The Morgan fingerprint density at radius 3 is 2.62 bits per heavy atom. The van der Waals surface area contributed by atoms with Crippen LogP contribution in [0.1, 0.15) is 13.8 Å². The van der Waals surface area contributed by atoms with Crippen LogP contribution in [0.3, 0.4) is 0 Å². The fraction of sp³-hybridized carbons (Fsp3) is 0.667. The number of nitrogens with two attached hydrogens (primary N) is 1. The van der Waals surface area contributed by atoms with Crippen LogP contribution in [0.15, 0.2) is 12.3 Å². The van der Waals surface area contributed by atoms with E-state index in [-0.39, 0.29) is 11.8 Å². The average Bonchev–Trinajstić information content (AvgIpc) is 2.10. The molecule has 0 saturated heterocycles. The summed E-state index contributed by atoms with van der Waals surface area (Å²) in [7, 11) is 0. The second-order valence-electron chi connectivity index (χ2n) is 3.18.